The largest absolute Gasteiger partial charge is 0.356 e. The van der Waals surface area contributed by atoms with Gasteiger partial charge in [-0.25, -0.2) is 0 Å². The number of nitrogens with zero attached hydrogens (tertiary/aromatic N) is 2. The van der Waals surface area contributed by atoms with E-state index in [9.17, 15) is 4.79 Å². The van der Waals surface area contributed by atoms with Crippen LogP contribution >= 0.6 is 35.3 Å². The van der Waals surface area contributed by atoms with Crippen molar-refractivity contribution in [2.45, 2.75) is 45.7 Å². The van der Waals surface area contributed by atoms with E-state index in [1.807, 2.05) is 23.6 Å². The average molecular weight is 488 g/mol. The van der Waals surface area contributed by atoms with Crippen LogP contribution in [0.15, 0.2) is 46.3 Å². The molecule has 0 fully saturated rings. The molecule has 0 radical (unpaired) electrons. The number of aryl methyl sites for hydroxylation is 2. The van der Waals surface area contributed by atoms with Crippen molar-refractivity contribution >= 4 is 41.3 Å². The normalized spacial score (nSPS) is 12.3. The molecular formula is C19H29IN4OS. The molecule has 0 saturated heterocycles. The average Bonchev–Trinajstić information content (AvgIpc) is 2.99. The summed E-state index contributed by atoms with van der Waals surface area (Å²) < 4.78 is 1.75. The molecular weight excluding hydrogens is 459 g/mol. The highest BCUT2D eigenvalue weighted by Gasteiger charge is 2.07. The van der Waals surface area contributed by atoms with Gasteiger partial charge < -0.3 is 15.2 Å². The van der Waals surface area contributed by atoms with Crippen LogP contribution in [-0.2, 0) is 13.0 Å². The topological polar surface area (TPSA) is 58.4 Å². The molecule has 0 aliphatic carbocycles. The third kappa shape index (κ3) is 7.90. The molecule has 0 saturated carbocycles. The Labute approximate surface area is 177 Å². The summed E-state index contributed by atoms with van der Waals surface area (Å²) >= 11 is 1.85. The molecule has 1 atom stereocenters. The summed E-state index contributed by atoms with van der Waals surface area (Å²) in [5.74, 6) is 0.831. The predicted octanol–water partition coefficient (Wildman–Crippen LogP) is 3.41. The van der Waals surface area contributed by atoms with Crippen LogP contribution in [0.4, 0.5) is 0 Å². The predicted molar refractivity (Wildman–Crippen MR) is 122 cm³/mol. The van der Waals surface area contributed by atoms with E-state index in [1.54, 1.807) is 23.7 Å². The van der Waals surface area contributed by atoms with Gasteiger partial charge in [0, 0.05) is 54.6 Å². The van der Waals surface area contributed by atoms with Crippen LogP contribution in [0.2, 0.25) is 0 Å². The lowest BCUT2D eigenvalue weighted by Crippen LogP contribution is -2.43. The lowest BCUT2D eigenvalue weighted by atomic mass is 10.2. The molecule has 0 aromatic carbocycles. The zero-order valence-corrected chi connectivity index (χ0v) is 18.8. The van der Waals surface area contributed by atoms with Gasteiger partial charge in [-0.1, -0.05) is 6.07 Å². The molecule has 2 rings (SSSR count). The summed E-state index contributed by atoms with van der Waals surface area (Å²) in [5, 5.41) is 6.78. The van der Waals surface area contributed by atoms with Crippen molar-refractivity contribution in [3.63, 3.8) is 0 Å². The summed E-state index contributed by atoms with van der Waals surface area (Å²) in [6.07, 6.45) is 4.78. The lowest BCUT2D eigenvalue weighted by molar-refractivity contribution is 0.580. The smallest absolute Gasteiger partial charge is 0.250 e. The maximum absolute atomic E-state index is 11.6. The van der Waals surface area contributed by atoms with Gasteiger partial charge in [0.1, 0.15) is 0 Å². The van der Waals surface area contributed by atoms with Crippen molar-refractivity contribution < 1.29 is 0 Å². The van der Waals surface area contributed by atoms with Gasteiger partial charge in [-0.15, -0.1) is 35.3 Å². The van der Waals surface area contributed by atoms with Crippen LogP contribution in [0.25, 0.3) is 0 Å². The Morgan fingerprint density at radius 2 is 2.08 bits per heavy atom. The highest BCUT2D eigenvalue weighted by molar-refractivity contribution is 14.0. The highest BCUT2D eigenvalue weighted by atomic mass is 127. The molecule has 1 unspecified atom stereocenters. The molecule has 0 aliphatic rings. The van der Waals surface area contributed by atoms with Crippen molar-refractivity contribution in [1.82, 2.24) is 15.2 Å². The number of unbranched alkanes of at least 4 members (excludes halogenated alkanes) is 1. The summed E-state index contributed by atoms with van der Waals surface area (Å²) in [7, 11) is 1.79. The van der Waals surface area contributed by atoms with Gasteiger partial charge in [-0.2, -0.15) is 0 Å². The van der Waals surface area contributed by atoms with Crippen LogP contribution < -0.4 is 16.2 Å². The fraction of sp³-hybridized carbons (Fsp3) is 0.474. The molecule has 2 heterocycles. The number of hydrogen-bond donors (Lipinski definition) is 2. The molecule has 144 valence electrons. The number of guanidine groups is 1. The van der Waals surface area contributed by atoms with E-state index in [0.717, 1.165) is 38.3 Å². The van der Waals surface area contributed by atoms with E-state index >= 15 is 0 Å². The number of rotatable bonds is 8. The fourth-order valence-electron chi connectivity index (χ4n) is 2.63. The molecule has 0 amide bonds. The first-order valence-electron chi connectivity index (χ1n) is 8.76. The van der Waals surface area contributed by atoms with E-state index in [1.165, 1.54) is 9.75 Å². The van der Waals surface area contributed by atoms with Gasteiger partial charge in [0.15, 0.2) is 5.96 Å². The summed E-state index contributed by atoms with van der Waals surface area (Å²) in [4.78, 5) is 18.7. The third-order valence-corrected chi connectivity index (χ3v) is 4.95. The van der Waals surface area contributed by atoms with Crippen molar-refractivity contribution in [3.8, 4) is 0 Å². The van der Waals surface area contributed by atoms with E-state index in [4.69, 9.17) is 0 Å². The lowest BCUT2D eigenvalue weighted by Gasteiger charge is -2.17. The van der Waals surface area contributed by atoms with Crippen molar-refractivity contribution in [3.05, 3.63) is 56.6 Å². The van der Waals surface area contributed by atoms with E-state index in [0.29, 0.717) is 6.04 Å². The van der Waals surface area contributed by atoms with E-state index in [-0.39, 0.29) is 29.5 Å². The molecule has 0 spiro atoms. The molecule has 26 heavy (non-hydrogen) atoms. The van der Waals surface area contributed by atoms with Gasteiger partial charge in [0.2, 0.25) is 5.56 Å². The maximum Gasteiger partial charge on any atom is 0.250 e. The standard InChI is InChI=1S/C19H28N4OS.HI/c1-15(14-17-10-9-16(2)25-17)22-19(20-3)21-11-5-7-13-23-12-6-4-8-18(23)24;/h4,6,8-10,12,15H,5,7,11,13-14H2,1-3H3,(H2,20,21,22);1H. The zero-order valence-electron chi connectivity index (χ0n) is 15.7. The molecule has 0 aliphatic heterocycles. The SMILES string of the molecule is CN=C(NCCCCn1ccccc1=O)NC(C)Cc1ccc(C)s1.I. The van der Waals surface area contributed by atoms with Crippen LogP contribution in [0.1, 0.15) is 29.5 Å². The monoisotopic (exact) mass is 488 g/mol. The highest BCUT2D eigenvalue weighted by Crippen LogP contribution is 2.16. The Kier molecular flexibility index (Phi) is 10.6. The number of halogens is 1. The first-order chi connectivity index (χ1) is 12.1. The van der Waals surface area contributed by atoms with Crippen LogP contribution in [0, 0.1) is 6.92 Å². The Balaban J connectivity index is 0.00000338. The summed E-state index contributed by atoms with van der Waals surface area (Å²) in [6, 6.07) is 9.95. The summed E-state index contributed by atoms with van der Waals surface area (Å²) in [5.41, 5.74) is 0.0607. The first-order valence-corrected chi connectivity index (χ1v) is 9.58. The second kappa shape index (κ2) is 12.1. The summed E-state index contributed by atoms with van der Waals surface area (Å²) in [6.45, 7) is 5.90. The number of thiophene rings is 1. The minimum absolute atomic E-state index is 0. The quantitative estimate of drug-likeness (QED) is 0.259. The minimum atomic E-state index is 0. The number of aliphatic imine (C=N–C) groups is 1. The van der Waals surface area contributed by atoms with E-state index in [2.05, 4.69) is 41.6 Å². The minimum Gasteiger partial charge on any atom is -0.356 e. The van der Waals surface area contributed by atoms with Gasteiger partial charge in [0.05, 0.1) is 0 Å². The Hall–Kier alpha value is -1.35. The van der Waals surface area contributed by atoms with Gasteiger partial charge >= 0.3 is 0 Å². The number of aromatic nitrogens is 1. The second-order valence-electron chi connectivity index (χ2n) is 6.20. The number of nitrogens with one attached hydrogen (secondary N) is 2. The van der Waals surface area contributed by atoms with Gasteiger partial charge in [-0.05, 0) is 44.9 Å². The van der Waals surface area contributed by atoms with Crippen LogP contribution in [0.5, 0.6) is 0 Å². The first kappa shape index (κ1) is 22.7. The molecule has 5 nitrogen and oxygen atoms in total. The molecule has 2 aromatic rings. The number of hydrogen-bond acceptors (Lipinski definition) is 3. The molecule has 0 bridgehead atoms. The molecule has 7 heteroatoms. The zero-order chi connectivity index (χ0) is 18.1. The fourth-order valence-corrected chi connectivity index (χ4v) is 3.65. The molecule has 2 N–H and O–H groups in total. The Morgan fingerprint density at radius 1 is 1.27 bits per heavy atom. The second-order valence-corrected chi connectivity index (χ2v) is 7.57. The third-order valence-electron chi connectivity index (χ3n) is 3.93. The molecule has 2 aromatic heterocycles. The van der Waals surface area contributed by atoms with Crippen LogP contribution in [-0.4, -0.2) is 30.2 Å². The Morgan fingerprint density at radius 3 is 2.73 bits per heavy atom. The van der Waals surface area contributed by atoms with Crippen molar-refractivity contribution in [1.29, 1.82) is 0 Å². The van der Waals surface area contributed by atoms with Gasteiger partial charge in [-0.3, -0.25) is 9.79 Å². The maximum atomic E-state index is 11.6. The number of pyridine rings is 1. The Bertz CT molecular complexity index is 741. The van der Waals surface area contributed by atoms with Gasteiger partial charge in [0.25, 0.3) is 0 Å². The van der Waals surface area contributed by atoms with Crippen molar-refractivity contribution in [2.75, 3.05) is 13.6 Å². The van der Waals surface area contributed by atoms with Crippen LogP contribution in [0.3, 0.4) is 0 Å². The van der Waals surface area contributed by atoms with E-state index < -0.39 is 0 Å². The van der Waals surface area contributed by atoms with Crippen molar-refractivity contribution in [2.24, 2.45) is 4.99 Å².